The third-order valence-electron chi connectivity index (χ3n) is 7.42. The summed E-state index contributed by atoms with van der Waals surface area (Å²) in [5, 5.41) is 13.0. The Balaban J connectivity index is 1.16. The van der Waals surface area contributed by atoms with Crippen molar-refractivity contribution < 1.29 is 23.0 Å². The number of nitrogen functional groups attached to an aromatic ring is 1. The van der Waals surface area contributed by atoms with E-state index in [1.807, 2.05) is 4.57 Å². The largest absolute Gasteiger partial charge is 0.454 e. The number of likely N-dealkylation sites (tertiary alicyclic amines) is 1. The number of imidazole rings is 1. The van der Waals surface area contributed by atoms with Gasteiger partial charge in [0.15, 0.2) is 33.6 Å². The van der Waals surface area contributed by atoms with Gasteiger partial charge < -0.3 is 24.7 Å². The van der Waals surface area contributed by atoms with Gasteiger partial charge in [0.2, 0.25) is 12.7 Å². The monoisotopic (exact) mass is 556 g/mol. The molecule has 0 radical (unpaired) electrons. The highest BCUT2D eigenvalue weighted by Crippen LogP contribution is 2.41. The van der Waals surface area contributed by atoms with Crippen molar-refractivity contribution in [3.63, 3.8) is 0 Å². The van der Waals surface area contributed by atoms with Gasteiger partial charge in [-0.1, -0.05) is 11.8 Å². The molecule has 0 aliphatic carbocycles. The number of rotatable bonds is 6. The van der Waals surface area contributed by atoms with Crippen LogP contribution in [0.1, 0.15) is 31.2 Å². The number of hydrogen-bond donors (Lipinski definition) is 2. The van der Waals surface area contributed by atoms with Crippen LogP contribution in [0.15, 0.2) is 28.5 Å². The predicted octanol–water partition coefficient (Wildman–Crippen LogP) is 2.79. The fourth-order valence-corrected chi connectivity index (χ4v) is 6.27. The van der Waals surface area contributed by atoms with Crippen LogP contribution in [-0.4, -0.2) is 68.7 Å². The molecule has 0 saturated carbocycles. The molecule has 14 heteroatoms. The third-order valence-corrected chi connectivity index (χ3v) is 8.47. The number of piperidine rings is 1. The number of nitrogens with one attached hydrogen (secondary N) is 1. The topological polar surface area (TPSA) is 144 Å². The second-order valence-corrected chi connectivity index (χ2v) is 11.0. The molecule has 1 atom stereocenters. The molecular weight excluding hydrogens is 530 g/mol. The molecule has 0 unspecified atom stereocenters. The van der Waals surface area contributed by atoms with Crippen molar-refractivity contribution in [2.24, 2.45) is 5.92 Å². The van der Waals surface area contributed by atoms with Crippen LogP contribution in [0.25, 0.3) is 11.2 Å². The molecule has 1 aromatic carbocycles. The number of nitriles is 1. The molecule has 3 aromatic rings. The van der Waals surface area contributed by atoms with Crippen LogP contribution in [0.5, 0.6) is 11.5 Å². The molecule has 39 heavy (non-hydrogen) atoms. The van der Waals surface area contributed by atoms with Gasteiger partial charge in [-0.3, -0.25) is 10.1 Å². The number of carbonyl (C=O) groups excluding carboxylic acids is 1. The Labute approximate surface area is 226 Å². The van der Waals surface area contributed by atoms with Crippen molar-refractivity contribution in [2.45, 2.75) is 54.2 Å². The molecule has 2 saturated heterocycles. The zero-order chi connectivity index (χ0) is 27.1. The second-order valence-electron chi connectivity index (χ2n) is 9.94. The van der Waals surface area contributed by atoms with Gasteiger partial charge in [0, 0.05) is 37.0 Å². The number of ether oxygens (including phenoxy) is 2. The lowest BCUT2D eigenvalue weighted by atomic mass is 9.93. The van der Waals surface area contributed by atoms with Crippen LogP contribution in [0.4, 0.5) is 14.6 Å². The first-order chi connectivity index (χ1) is 18.8. The molecule has 2 fully saturated rings. The zero-order valence-corrected chi connectivity index (χ0v) is 21.7. The minimum atomic E-state index is -2.83. The number of benzene rings is 1. The van der Waals surface area contributed by atoms with Gasteiger partial charge in [-0.25, -0.2) is 23.7 Å². The summed E-state index contributed by atoms with van der Waals surface area (Å²) >= 11 is 1.32. The van der Waals surface area contributed by atoms with Crippen molar-refractivity contribution >= 4 is 34.7 Å². The lowest BCUT2D eigenvalue weighted by Gasteiger charge is -2.33. The normalized spacial score (nSPS) is 20.4. The van der Waals surface area contributed by atoms with E-state index in [-0.39, 0.29) is 18.5 Å². The molecule has 1 amide bonds. The number of carbonyl (C=O) groups is 1. The first kappa shape index (κ1) is 25.6. The number of aryl methyl sites for hydroxylation is 1. The Morgan fingerprint density at radius 1 is 1.26 bits per heavy atom. The fourth-order valence-electron chi connectivity index (χ4n) is 5.27. The second kappa shape index (κ2) is 10.1. The number of fused-ring (bicyclic) bond motifs is 2. The number of hydrogen-bond acceptors (Lipinski definition) is 10. The van der Waals surface area contributed by atoms with Crippen molar-refractivity contribution in [1.29, 1.82) is 5.26 Å². The highest BCUT2D eigenvalue weighted by Gasteiger charge is 2.43. The van der Waals surface area contributed by atoms with Gasteiger partial charge in [-0.05, 0) is 31.2 Å². The summed E-state index contributed by atoms with van der Waals surface area (Å²) in [6.45, 7) is 1.33. The van der Waals surface area contributed by atoms with Gasteiger partial charge in [0.25, 0.3) is 5.92 Å². The summed E-state index contributed by atoms with van der Waals surface area (Å²) in [6, 6.07) is 4.82. The van der Waals surface area contributed by atoms with E-state index in [1.54, 1.807) is 17.0 Å². The van der Waals surface area contributed by atoms with E-state index in [0.717, 1.165) is 19.3 Å². The molecule has 11 nitrogen and oxygen atoms in total. The van der Waals surface area contributed by atoms with E-state index in [0.29, 0.717) is 63.8 Å². The Morgan fingerprint density at radius 3 is 2.74 bits per heavy atom. The standard InChI is InChI=1S/C25H26F2N8O3S/c26-25(27)9-16(30-11-25)23(36)34-4-1-14(2-5-34)3-6-35-22-20(21(29)31-12-32-22)33-24(35)39-19-8-18-17(37-13-38-18)7-15(19)10-28/h7-8,12,14,16,30H,1-6,9,11,13H2,(H2,29,31,32)/t16-/m1/s1. The predicted molar refractivity (Wildman–Crippen MR) is 136 cm³/mol. The van der Waals surface area contributed by atoms with E-state index in [2.05, 4.69) is 21.4 Å². The van der Waals surface area contributed by atoms with E-state index in [4.69, 9.17) is 20.2 Å². The number of alkyl halides is 2. The summed E-state index contributed by atoms with van der Waals surface area (Å²) in [6.07, 6.45) is 3.32. The molecule has 6 rings (SSSR count). The van der Waals surface area contributed by atoms with Gasteiger partial charge in [0.05, 0.1) is 18.2 Å². The number of anilines is 1. The summed E-state index contributed by atoms with van der Waals surface area (Å²) in [5.74, 6) is -1.37. The number of amides is 1. The summed E-state index contributed by atoms with van der Waals surface area (Å²) in [4.78, 5) is 28.3. The van der Waals surface area contributed by atoms with E-state index in [1.165, 1.54) is 18.1 Å². The maximum absolute atomic E-state index is 13.5. The maximum atomic E-state index is 13.5. The molecule has 5 heterocycles. The molecule has 3 aliphatic rings. The molecular formula is C25H26F2N8O3S. The maximum Gasteiger partial charge on any atom is 0.262 e. The smallest absolute Gasteiger partial charge is 0.262 e. The van der Waals surface area contributed by atoms with E-state index in [9.17, 15) is 18.8 Å². The summed E-state index contributed by atoms with van der Waals surface area (Å²) < 4.78 is 40.0. The lowest BCUT2D eigenvalue weighted by molar-refractivity contribution is -0.135. The van der Waals surface area contributed by atoms with Crippen molar-refractivity contribution in [2.75, 3.05) is 32.2 Å². The quantitative estimate of drug-likeness (QED) is 0.465. The molecule has 0 spiro atoms. The summed E-state index contributed by atoms with van der Waals surface area (Å²) in [7, 11) is 0. The van der Waals surface area contributed by atoms with Gasteiger partial charge in [0.1, 0.15) is 12.4 Å². The van der Waals surface area contributed by atoms with Gasteiger partial charge in [-0.15, -0.1) is 0 Å². The van der Waals surface area contributed by atoms with Crippen molar-refractivity contribution in [1.82, 2.24) is 29.7 Å². The van der Waals surface area contributed by atoms with E-state index >= 15 is 0 Å². The van der Waals surface area contributed by atoms with Crippen LogP contribution in [0.2, 0.25) is 0 Å². The Hall–Kier alpha value is -3.70. The van der Waals surface area contributed by atoms with Crippen LogP contribution in [0.3, 0.4) is 0 Å². The van der Waals surface area contributed by atoms with Gasteiger partial charge >= 0.3 is 0 Å². The molecule has 3 aliphatic heterocycles. The summed E-state index contributed by atoms with van der Waals surface area (Å²) in [5.41, 5.74) is 7.63. The molecule has 204 valence electrons. The Kier molecular flexibility index (Phi) is 6.64. The average molecular weight is 557 g/mol. The first-order valence-corrected chi connectivity index (χ1v) is 13.5. The number of aromatic nitrogens is 4. The third kappa shape index (κ3) is 5.04. The lowest BCUT2D eigenvalue weighted by Crippen LogP contribution is -2.47. The van der Waals surface area contributed by atoms with Crippen molar-refractivity contribution in [3.8, 4) is 17.6 Å². The highest BCUT2D eigenvalue weighted by atomic mass is 32.2. The number of nitrogens with zero attached hydrogens (tertiary/aromatic N) is 6. The minimum absolute atomic E-state index is 0.104. The van der Waals surface area contributed by atoms with Crippen molar-refractivity contribution in [3.05, 3.63) is 24.0 Å². The Bertz CT molecular complexity index is 1470. The number of nitrogens with two attached hydrogens (primary N) is 1. The fraction of sp³-hybridized carbons (Fsp3) is 0.480. The molecule has 3 N–H and O–H groups in total. The highest BCUT2D eigenvalue weighted by molar-refractivity contribution is 7.99. The first-order valence-electron chi connectivity index (χ1n) is 12.7. The number of halogens is 2. The van der Waals surface area contributed by atoms with E-state index < -0.39 is 24.9 Å². The van der Waals surface area contributed by atoms with Crippen LogP contribution in [0, 0.1) is 17.2 Å². The molecule has 2 aromatic heterocycles. The Morgan fingerprint density at radius 2 is 2.03 bits per heavy atom. The zero-order valence-electron chi connectivity index (χ0n) is 20.9. The SMILES string of the molecule is N#Cc1cc2c(cc1Sc1nc3c(N)ncnc3n1CCC1CCN(C(=O)[C@H]3CC(F)(F)CN3)CC1)OCO2. The van der Waals surface area contributed by atoms with Crippen LogP contribution in [-0.2, 0) is 11.3 Å². The van der Waals surface area contributed by atoms with Gasteiger partial charge in [-0.2, -0.15) is 5.26 Å². The molecule has 0 bridgehead atoms. The minimum Gasteiger partial charge on any atom is -0.454 e. The average Bonchev–Trinajstić information content (AvgIpc) is 3.64. The van der Waals surface area contributed by atoms with Crippen LogP contribution >= 0.6 is 11.8 Å². The van der Waals surface area contributed by atoms with Crippen LogP contribution < -0.4 is 20.5 Å².